The lowest BCUT2D eigenvalue weighted by molar-refractivity contribution is 0.327. The number of nitrogens with zero attached hydrogens (tertiary/aromatic N) is 4. The van der Waals surface area contributed by atoms with Gasteiger partial charge in [0.15, 0.2) is 5.65 Å². The molecule has 19 heavy (non-hydrogen) atoms. The fourth-order valence-electron chi connectivity index (χ4n) is 2.67. The molecule has 2 aromatic rings. The Balaban J connectivity index is 1.66. The number of fused-ring (bicyclic) bond motifs is 1. The van der Waals surface area contributed by atoms with Crippen LogP contribution >= 0.6 is 0 Å². The van der Waals surface area contributed by atoms with E-state index in [-0.39, 0.29) is 0 Å². The molecule has 5 nitrogen and oxygen atoms in total. The molecule has 1 saturated heterocycles. The van der Waals surface area contributed by atoms with Crippen LogP contribution in [-0.2, 0) is 0 Å². The number of hydrogen-bond acceptors (Lipinski definition) is 4. The van der Waals surface area contributed by atoms with Gasteiger partial charge in [0.25, 0.3) is 0 Å². The largest absolute Gasteiger partial charge is 0.349 e. The highest BCUT2D eigenvalue weighted by atomic mass is 15.4. The first-order chi connectivity index (χ1) is 9.20. The summed E-state index contributed by atoms with van der Waals surface area (Å²) in [6, 6.07) is 4.43. The lowest BCUT2D eigenvalue weighted by atomic mass is 10.3. The number of aryl methyl sites for hydroxylation is 1. The van der Waals surface area contributed by atoms with Crippen LogP contribution in [0.2, 0.25) is 0 Å². The van der Waals surface area contributed by atoms with Crippen molar-refractivity contribution in [3.8, 4) is 0 Å². The summed E-state index contributed by atoms with van der Waals surface area (Å²) in [5.41, 5.74) is 2.08. The predicted octanol–water partition coefficient (Wildman–Crippen LogP) is 1.93. The molecule has 0 spiro atoms. The Morgan fingerprint density at radius 2 is 2.11 bits per heavy atom. The standard InChI is InChI=1S/C14H21N5/c1-11-5-6-13-16-14(17-19(13)9-11)15-12(2)10-18-7-3-4-8-18/h5-6,9,12H,3-4,7-8,10H2,1-2H3,(H,15,17). The molecule has 1 aliphatic heterocycles. The molecule has 1 atom stereocenters. The van der Waals surface area contributed by atoms with Crippen molar-refractivity contribution in [2.24, 2.45) is 0 Å². The molecule has 0 bridgehead atoms. The second-order valence-corrected chi connectivity index (χ2v) is 5.50. The number of likely N-dealkylation sites (tertiary alicyclic amines) is 1. The summed E-state index contributed by atoms with van der Waals surface area (Å²) < 4.78 is 1.83. The molecular weight excluding hydrogens is 238 g/mol. The summed E-state index contributed by atoms with van der Waals surface area (Å²) in [4.78, 5) is 6.99. The summed E-state index contributed by atoms with van der Waals surface area (Å²) in [7, 11) is 0. The van der Waals surface area contributed by atoms with E-state index in [0.717, 1.165) is 18.1 Å². The van der Waals surface area contributed by atoms with Crippen molar-refractivity contribution in [1.29, 1.82) is 0 Å². The van der Waals surface area contributed by atoms with Crippen LogP contribution in [0.5, 0.6) is 0 Å². The minimum Gasteiger partial charge on any atom is -0.349 e. The highest BCUT2D eigenvalue weighted by molar-refractivity contribution is 5.44. The second kappa shape index (κ2) is 5.17. The lowest BCUT2D eigenvalue weighted by Crippen LogP contribution is -2.33. The van der Waals surface area contributed by atoms with Gasteiger partial charge < -0.3 is 10.2 Å². The van der Waals surface area contributed by atoms with Gasteiger partial charge in [-0.1, -0.05) is 6.07 Å². The Kier molecular flexibility index (Phi) is 3.38. The minimum absolute atomic E-state index is 0.372. The molecule has 0 aromatic carbocycles. The van der Waals surface area contributed by atoms with Crippen LogP contribution in [0.25, 0.3) is 5.65 Å². The van der Waals surface area contributed by atoms with Gasteiger partial charge >= 0.3 is 0 Å². The first kappa shape index (κ1) is 12.4. The smallest absolute Gasteiger partial charge is 0.243 e. The van der Waals surface area contributed by atoms with E-state index in [2.05, 4.69) is 40.2 Å². The van der Waals surface area contributed by atoms with Crippen LogP contribution in [0.1, 0.15) is 25.3 Å². The quantitative estimate of drug-likeness (QED) is 0.911. The zero-order chi connectivity index (χ0) is 13.2. The van der Waals surface area contributed by atoms with Gasteiger partial charge in [-0.15, -0.1) is 5.10 Å². The van der Waals surface area contributed by atoms with Crippen molar-refractivity contribution in [2.45, 2.75) is 32.7 Å². The van der Waals surface area contributed by atoms with Gasteiger partial charge in [-0.25, -0.2) is 4.52 Å². The van der Waals surface area contributed by atoms with Gasteiger partial charge in [0.05, 0.1) is 0 Å². The normalized spacial score (nSPS) is 18.0. The van der Waals surface area contributed by atoms with E-state index in [1.165, 1.54) is 31.5 Å². The van der Waals surface area contributed by atoms with Gasteiger partial charge in [-0.2, -0.15) is 4.98 Å². The number of aromatic nitrogens is 3. The van der Waals surface area contributed by atoms with Crippen LogP contribution in [0, 0.1) is 6.92 Å². The first-order valence-electron chi connectivity index (χ1n) is 7.02. The van der Waals surface area contributed by atoms with Crippen LogP contribution in [0.3, 0.4) is 0 Å². The second-order valence-electron chi connectivity index (χ2n) is 5.50. The van der Waals surface area contributed by atoms with E-state index in [1.807, 2.05) is 16.8 Å². The van der Waals surface area contributed by atoms with Crippen molar-refractivity contribution >= 4 is 11.6 Å². The Morgan fingerprint density at radius 3 is 2.89 bits per heavy atom. The Bertz CT molecular complexity index is 556. The third-order valence-electron chi connectivity index (χ3n) is 3.59. The van der Waals surface area contributed by atoms with Crippen molar-refractivity contribution in [2.75, 3.05) is 25.0 Å². The van der Waals surface area contributed by atoms with E-state index in [1.54, 1.807) is 0 Å². The van der Waals surface area contributed by atoms with Crippen LogP contribution < -0.4 is 5.32 Å². The fourth-order valence-corrected chi connectivity index (χ4v) is 2.67. The van der Waals surface area contributed by atoms with Gasteiger partial charge in [0.2, 0.25) is 5.95 Å². The van der Waals surface area contributed by atoms with E-state index in [4.69, 9.17) is 0 Å². The van der Waals surface area contributed by atoms with Crippen LogP contribution in [0.15, 0.2) is 18.3 Å². The topological polar surface area (TPSA) is 45.5 Å². The Hall–Kier alpha value is -1.62. The van der Waals surface area contributed by atoms with Crippen molar-refractivity contribution in [1.82, 2.24) is 19.5 Å². The summed E-state index contributed by atoms with van der Waals surface area (Å²) in [6.45, 7) is 7.77. The number of pyridine rings is 1. The summed E-state index contributed by atoms with van der Waals surface area (Å²) >= 11 is 0. The Labute approximate surface area is 113 Å². The third kappa shape index (κ3) is 2.87. The van der Waals surface area contributed by atoms with Gasteiger partial charge in [-0.05, 0) is 51.4 Å². The molecule has 0 amide bonds. The molecule has 102 valence electrons. The molecule has 3 heterocycles. The van der Waals surface area contributed by atoms with Crippen LogP contribution in [0.4, 0.5) is 5.95 Å². The van der Waals surface area contributed by atoms with E-state index in [9.17, 15) is 0 Å². The molecule has 1 N–H and O–H groups in total. The van der Waals surface area contributed by atoms with Crippen molar-refractivity contribution in [3.63, 3.8) is 0 Å². The average Bonchev–Trinajstić information content (AvgIpc) is 2.97. The molecule has 0 aliphatic carbocycles. The SMILES string of the molecule is Cc1ccc2nc(NC(C)CN3CCCC3)nn2c1. The van der Waals surface area contributed by atoms with Gasteiger partial charge in [-0.3, -0.25) is 0 Å². The fraction of sp³-hybridized carbons (Fsp3) is 0.571. The molecule has 1 unspecified atom stereocenters. The molecule has 3 rings (SSSR count). The number of nitrogens with one attached hydrogen (secondary N) is 1. The molecule has 1 fully saturated rings. The maximum Gasteiger partial charge on any atom is 0.243 e. The molecular formula is C14H21N5. The number of rotatable bonds is 4. The molecule has 1 aliphatic rings. The average molecular weight is 259 g/mol. The number of hydrogen-bond donors (Lipinski definition) is 1. The predicted molar refractivity (Wildman–Crippen MR) is 76.5 cm³/mol. The van der Waals surface area contributed by atoms with E-state index < -0.39 is 0 Å². The van der Waals surface area contributed by atoms with Gasteiger partial charge in [0, 0.05) is 18.8 Å². The highest BCUT2D eigenvalue weighted by Gasteiger charge is 2.15. The summed E-state index contributed by atoms with van der Waals surface area (Å²) in [5.74, 6) is 0.720. The number of anilines is 1. The third-order valence-corrected chi connectivity index (χ3v) is 3.59. The molecule has 0 radical (unpaired) electrons. The Morgan fingerprint density at radius 1 is 1.32 bits per heavy atom. The maximum atomic E-state index is 4.49. The minimum atomic E-state index is 0.372. The van der Waals surface area contributed by atoms with Crippen LogP contribution in [-0.4, -0.2) is 45.2 Å². The summed E-state index contributed by atoms with van der Waals surface area (Å²) in [6.07, 6.45) is 4.66. The zero-order valence-corrected chi connectivity index (χ0v) is 11.6. The first-order valence-corrected chi connectivity index (χ1v) is 7.02. The molecule has 2 aromatic heterocycles. The lowest BCUT2D eigenvalue weighted by Gasteiger charge is -2.20. The monoisotopic (exact) mass is 259 g/mol. The summed E-state index contributed by atoms with van der Waals surface area (Å²) in [5, 5.41) is 7.86. The van der Waals surface area contributed by atoms with Crippen molar-refractivity contribution < 1.29 is 0 Å². The maximum absolute atomic E-state index is 4.49. The highest BCUT2D eigenvalue weighted by Crippen LogP contribution is 2.11. The van der Waals surface area contributed by atoms with Crippen molar-refractivity contribution in [3.05, 3.63) is 23.9 Å². The van der Waals surface area contributed by atoms with Gasteiger partial charge in [0.1, 0.15) is 0 Å². The van der Waals surface area contributed by atoms with E-state index in [0.29, 0.717) is 6.04 Å². The molecule has 5 heteroatoms. The molecule has 0 saturated carbocycles. The zero-order valence-electron chi connectivity index (χ0n) is 11.6. The van der Waals surface area contributed by atoms with E-state index >= 15 is 0 Å².